The average molecular weight is 847 g/mol. The molecule has 0 N–H and O–H groups in total. The maximum atomic E-state index is 4.61. The van der Waals surface area contributed by atoms with Crippen LogP contribution >= 0.6 is 0 Å². The number of fused-ring (bicyclic) bond motifs is 12. The molecule has 0 bridgehead atoms. The molecule has 0 spiro atoms. The molecule has 8 aromatic carbocycles. The van der Waals surface area contributed by atoms with Crippen LogP contribution in [0, 0.1) is 0 Å². The maximum Gasteiger partial charge on any atom is 0.340 e. The van der Waals surface area contributed by atoms with Crippen LogP contribution < -0.4 is 10.4 Å². The number of para-hydroxylation sites is 6. The lowest BCUT2D eigenvalue weighted by molar-refractivity contribution is 1.14. The molecule has 304 valence electrons. The second-order valence-electron chi connectivity index (χ2n) is 17.0. The van der Waals surface area contributed by atoms with E-state index in [0.29, 0.717) is 0 Å². The summed E-state index contributed by atoms with van der Waals surface area (Å²) in [5, 5.41) is 12.3. The first-order chi connectivity index (χ1) is 32.3. The van der Waals surface area contributed by atoms with E-state index in [0.717, 1.165) is 33.4 Å². The van der Waals surface area contributed by atoms with Crippen LogP contribution in [-0.4, -0.2) is 36.0 Å². The molecule has 14 aromatic rings. The first-order valence-corrected chi connectivity index (χ1v) is 24.0. The SMILES string of the molecule is c1ccc2c(c1)c1ccncc1n2-c1ccc([Si](c2ccc(-n3c4ccccc4c4ccncc43)cc2)(n2c3ccccc3c3ccccc32)n2c3ccccc3c3ccccc32)cc1. The van der Waals surface area contributed by atoms with Crippen LogP contribution in [0.5, 0.6) is 0 Å². The highest BCUT2D eigenvalue weighted by Gasteiger charge is 2.47. The van der Waals surface area contributed by atoms with Crippen LogP contribution in [0.1, 0.15) is 0 Å². The molecule has 0 aliphatic heterocycles. The Balaban J connectivity index is 1.13. The smallest absolute Gasteiger partial charge is 0.340 e. The van der Waals surface area contributed by atoms with Gasteiger partial charge in [0, 0.05) is 88.9 Å². The lowest BCUT2D eigenvalue weighted by atomic mass is 10.2. The van der Waals surface area contributed by atoms with Crippen LogP contribution in [0.2, 0.25) is 0 Å². The number of aromatic nitrogens is 6. The van der Waals surface area contributed by atoms with Crippen molar-refractivity contribution in [1.29, 1.82) is 0 Å². The molecule has 0 aliphatic carbocycles. The van der Waals surface area contributed by atoms with Gasteiger partial charge in [0.1, 0.15) is 0 Å². The van der Waals surface area contributed by atoms with E-state index < -0.39 is 8.40 Å². The molecule has 0 fully saturated rings. The number of pyridine rings is 2. The van der Waals surface area contributed by atoms with E-state index >= 15 is 0 Å². The molecule has 0 amide bonds. The number of hydrogen-bond acceptors (Lipinski definition) is 2. The van der Waals surface area contributed by atoms with E-state index in [1.165, 1.54) is 75.5 Å². The monoisotopic (exact) mass is 846 g/mol. The van der Waals surface area contributed by atoms with E-state index in [4.69, 9.17) is 0 Å². The van der Waals surface area contributed by atoms with Crippen molar-refractivity contribution in [3.05, 3.63) is 231 Å². The summed E-state index contributed by atoms with van der Waals surface area (Å²) in [7, 11) is -3.49. The minimum Gasteiger partial charge on any atom is -0.342 e. The largest absolute Gasteiger partial charge is 0.342 e. The van der Waals surface area contributed by atoms with E-state index in [1.807, 2.05) is 24.8 Å². The molecule has 6 nitrogen and oxygen atoms in total. The van der Waals surface area contributed by atoms with Crippen LogP contribution in [0.25, 0.3) is 98.6 Å². The predicted octanol–water partition coefficient (Wildman–Crippen LogP) is 12.5. The first kappa shape index (κ1) is 36.0. The Morgan fingerprint density at radius 2 is 0.538 bits per heavy atom. The Bertz CT molecular complexity index is 3700. The van der Waals surface area contributed by atoms with E-state index in [9.17, 15) is 0 Å². The first-order valence-electron chi connectivity index (χ1n) is 22.1. The molecular weight excluding hydrogens is 809 g/mol. The van der Waals surface area contributed by atoms with Crippen molar-refractivity contribution in [2.75, 3.05) is 0 Å². The zero-order valence-corrected chi connectivity index (χ0v) is 36.1. The van der Waals surface area contributed by atoms with Crippen molar-refractivity contribution < 1.29 is 0 Å². The van der Waals surface area contributed by atoms with E-state index in [2.05, 4.69) is 234 Å². The third-order valence-electron chi connectivity index (χ3n) is 13.8. The fraction of sp³-hybridized carbons (Fsp3) is 0. The van der Waals surface area contributed by atoms with Gasteiger partial charge in [0.15, 0.2) is 0 Å². The number of hydrogen-bond donors (Lipinski definition) is 0. The normalized spacial score (nSPS) is 12.3. The maximum absolute atomic E-state index is 4.61. The fourth-order valence-corrected chi connectivity index (χ4v) is 16.2. The minimum absolute atomic E-state index is 1.09. The van der Waals surface area contributed by atoms with Crippen molar-refractivity contribution in [1.82, 2.24) is 27.6 Å². The number of rotatable bonds is 6. The molecule has 0 saturated carbocycles. The summed E-state index contributed by atoms with van der Waals surface area (Å²) in [5.41, 5.74) is 11.5. The summed E-state index contributed by atoms with van der Waals surface area (Å²) in [4.78, 5) is 9.21. The Kier molecular flexibility index (Phi) is 7.61. The molecule has 0 atom stereocenters. The zero-order chi connectivity index (χ0) is 42.6. The van der Waals surface area contributed by atoms with Crippen molar-refractivity contribution >= 4 is 106 Å². The van der Waals surface area contributed by atoms with Gasteiger partial charge in [0.2, 0.25) is 0 Å². The summed E-state index contributed by atoms with van der Waals surface area (Å²) < 4.78 is 10.2. The second-order valence-corrected chi connectivity index (χ2v) is 20.4. The molecule has 6 heterocycles. The van der Waals surface area contributed by atoms with Gasteiger partial charge in [-0.25, -0.2) is 0 Å². The third-order valence-corrected chi connectivity index (χ3v) is 18.4. The second kappa shape index (κ2) is 13.7. The molecule has 65 heavy (non-hydrogen) atoms. The van der Waals surface area contributed by atoms with Crippen LogP contribution in [0.15, 0.2) is 231 Å². The highest BCUT2D eigenvalue weighted by molar-refractivity contribution is 7.01. The molecule has 0 aliphatic rings. The van der Waals surface area contributed by atoms with Crippen LogP contribution in [-0.2, 0) is 0 Å². The third kappa shape index (κ3) is 4.93. The molecule has 0 saturated heterocycles. The quantitative estimate of drug-likeness (QED) is 0.157. The Labute approximate surface area is 374 Å². The van der Waals surface area contributed by atoms with Gasteiger partial charge in [-0.3, -0.25) is 9.97 Å². The van der Waals surface area contributed by atoms with Gasteiger partial charge in [-0.1, -0.05) is 133 Å². The summed E-state index contributed by atoms with van der Waals surface area (Å²) in [6, 6.07) is 76.5. The van der Waals surface area contributed by atoms with Gasteiger partial charge in [0.25, 0.3) is 0 Å². The van der Waals surface area contributed by atoms with Gasteiger partial charge < -0.3 is 17.6 Å². The lowest BCUT2D eigenvalue weighted by Crippen LogP contribution is -2.69. The summed E-state index contributed by atoms with van der Waals surface area (Å²) >= 11 is 0. The molecule has 14 rings (SSSR count). The van der Waals surface area contributed by atoms with Gasteiger partial charge in [-0.05, 0) is 83.2 Å². The van der Waals surface area contributed by atoms with Crippen molar-refractivity contribution in [3.63, 3.8) is 0 Å². The summed E-state index contributed by atoms with van der Waals surface area (Å²) in [6.07, 6.45) is 7.77. The Morgan fingerprint density at radius 3 is 0.877 bits per heavy atom. The van der Waals surface area contributed by atoms with Crippen LogP contribution in [0.3, 0.4) is 0 Å². The highest BCUT2D eigenvalue weighted by atomic mass is 28.3. The lowest BCUT2D eigenvalue weighted by Gasteiger charge is -2.38. The Hall–Kier alpha value is -8.52. The van der Waals surface area contributed by atoms with Crippen molar-refractivity contribution in [2.45, 2.75) is 0 Å². The van der Waals surface area contributed by atoms with Crippen LogP contribution in [0.4, 0.5) is 0 Å². The molecule has 0 radical (unpaired) electrons. The Morgan fingerprint density at radius 1 is 0.262 bits per heavy atom. The molecule has 7 heteroatoms. The summed E-state index contributed by atoms with van der Waals surface area (Å²) in [5.74, 6) is 0. The van der Waals surface area contributed by atoms with E-state index in [1.54, 1.807) is 0 Å². The molecular formula is C58H38N6Si. The van der Waals surface area contributed by atoms with Gasteiger partial charge >= 0.3 is 8.40 Å². The minimum atomic E-state index is -3.49. The van der Waals surface area contributed by atoms with E-state index in [-0.39, 0.29) is 0 Å². The average Bonchev–Trinajstić information content (AvgIpc) is 4.11. The van der Waals surface area contributed by atoms with Gasteiger partial charge in [-0.15, -0.1) is 0 Å². The summed E-state index contributed by atoms with van der Waals surface area (Å²) in [6.45, 7) is 0. The standard InChI is InChI=1S/C58H38N6Si/c1-7-19-51-43(13-1)49-33-35-59-37-57(49)61(51)39-25-29-41(30-26-39)65(63-53-21-9-3-15-45(53)46-16-4-10-22-54(46)63,64-55-23-11-5-17-47(55)48-18-6-12-24-56(48)64)42-31-27-40(28-32-42)62-52-20-8-2-14-44(52)50-34-36-60-38-58(50)62/h1-38H. The van der Waals surface area contributed by atoms with Crippen molar-refractivity contribution in [3.8, 4) is 11.4 Å². The fourth-order valence-electron chi connectivity index (χ4n) is 11.2. The predicted molar refractivity (Wildman–Crippen MR) is 272 cm³/mol. The van der Waals surface area contributed by atoms with Gasteiger partial charge in [-0.2, -0.15) is 0 Å². The number of benzene rings is 8. The highest BCUT2D eigenvalue weighted by Crippen LogP contribution is 2.39. The number of nitrogens with zero attached hydrogens (tertiary/aromatic N) is 6. The molecule has 6 aromatic heterocycles. The zero-order valence-electron chi connectivity index (χ0n) is 35.1. The topological polar surface area (TPSA) is 45.5 Å². The molecule has 0 unspecified atom stereocenters. The van der Waals surface area contributed by atoms with Crippen molar-refractivity contribution in [2.24, 2.45) is 0 Å². The van der Waals surface area contributed by atoms with Gasteiger partial charge in [0.05, 0.1) is 34.5 Å².